The van der Waals surface area contributed by atoms with Gasteiger partial charge in [0, 0.05) is 25.6 Å². The Morgan fingerprint density at radius 3 is 2.48 bits per heavy atom. The van der Waals surface area contributed by atoms with E-state index < -0.39 is 10.0 Å². The molecule has 0 saturated carbocycles. The van der Waals surface area contributed by atoms with Crippen LogP contribution in [-0.4, -0.2) is 43.4 Å². The molecule has 8 heteroatoms. The summed E-state index contributed by atoms with van der Waals surface area (Å²) in [5, 5.41) is 6.70. The second-order valence-electron chi connectivity index (χ2n) is 7.16. The van der Waals surface area contributed by atoms with E-state index in [1.807, 2.05) is 0 Å². The number of carbonyl (C=O) groups is 1. The predicted octanol–water partition coefficient (Wildman–Crippen LogP) is 2.24. The molecule has 1 N–H and O–H groups in total. The lowest BCUT2D eigenvalue weighted by atomic mass is 9.97. The standard InChI is InChI=1S/C17H29N3O4S/c1-12(2)6-5-9-18-17(21)15-7-10-20(11-8-15)25(22,23)16-13(3)19-24-14(16)4/h12,15H,5-11H2,1-4H3,(H,18,21). The Hall–Kier alpha value is -1.41. The van der Waals surface area contributed by atoms with Gasteiger partial charge in [-0.3, -0.25) is 4.79 Å². The first kappa shape index (κ1) is 19.9. The molecule has 0 spiro atoms. The van der Waals surface area contributed by atoms with Crippen LogP contribution in [0.5, 0.6) is 0 Å². The molecule has 1 fully saturated rings. The molecule has 0 unspecified atom stereocenters. The average molecular weight is 372 g/mol. The van der Waals surface area contributed by atoms with Crippen LogP contribution in [0, 0.1) is 25.7 Å². The highest BCUT2D eigenvalue weighted by Gasteiger charge is 2.35. The molecule has 0 aliphatic carbocycles. The summed E-state index contributed by atoms with van der Waals surface area (Å²) in [6.45, 7) is 8.93. The van der Waals surface area contributed by atoms with Crippen molar-refractivity contribution in [1.29, 1.82) is 0 Å². The number of hydrogen-bond donors (Lipinski definition) is 1. The average Bonchev–Trinajstić information content (AvgIpc) is 2.90. The van der Waals surface area contributed by atoms with Gasteiger partial charge < -0.3 is 9.84 Å². The van der Waals surface area contributed by atoms with Crippen LogP contribution in [0.3, 0.4) is 0 Å². The molecule has 0 atom stereocenters. The van der Waals surface area contributed by atoms with Crippen LogP contribution in [0.4, 0.5) is 0 Å². The van der Waals surface area contributed by atoms with E-state index in [-0.39, 0.29) is 16.7 Å². The second-order valence-corrected chi connectivity index (χ2v) is 9.03. The van der Waals surface area contributed by atoms with Gasteiger partial charge in [0.2, 0.25) is 15.9 Å². The van der Waals surface area contributed by atoms with Crippen LogP contribution in [-0.2, 0) is 14.8 Å². The van der Waals surface area contributed by atoms with Crippen molar-refractivity contribution in [2.75, 3.05) is 19.6 Å². The highest BCUT2D eigenvalue weighted by Crippen LogP contribution is 2.27. The first-order valence-electron chi connectivity index (χ1n) is 8.94. The van der Waals surface area contributed by atoms with Gasteiger partial charge >= 0.3 is 0 Å². The van der Waals surface area contributed by atoms with E-state index >= 15 is 0 Å². The lowest BCUT2D eigenvalue weighted by Gasteiger charge is -2.30. The zero-order valence-electron chi connectivity index (χ0n) is 15.5. The van der Waals surface area contributed by atoms with E-state index in [4.69, 9.17) is 4.52 Å². The zero-order chi connectivity index (χ0) is 18.6. The van der Waals surface area contributed by atoms with Crippen LogP contribution in [0.2, 0.25) is 0 Å². The molecule has 1 aromatic heterocycles. The molecular weight excluding hydrogens is 342 g/mol. The summed E-state index contributed by atoms with van der Waals surface area (Å²) in [5.74, 6) is 0.866. The second kappa shape index (κ2) is 8.31. The van der Waals surface area contributed by atoms with Gasteiger partial charge in [-0.1, -0.05) is 19.0 Å². The number of nitrogens with one attached hydrogen (secondary N) is 1. The lowest BCUT2D eigenvalue weighted by Crippen LogP contribution is -2.43. The molecule has 7 nitrogen and oxygen atoms in total. The summed E-state index contributed by atoms with van der Waals surface area (Å²) in [6.07, 6.45) is 3.15. The minimum atomic E-state index is -3.61. The van der Waals surface area contributed by atoms with Gasteiger partial charge in [-0.2, -0.15) is 4.31 Å². The Kier molecular flexibility index (Phi) is 6.62. The van der Waals surface area contributed by atoms with Gasteiger partial charge in [-0.15, -0.1) is 0 Å². The van der Waals surface area contributed by atoms with Crippen molar-refractivity contribution in [3.63, 3.8) is 0 Å². The third kappa shape index (κ3) is 4.82. The van der Waals surface area contributed by atoms with Crippen molar-refractivity contribution < 1.29 is 17.7 Å². The van der Waals surface area contributed by atoms with Gasteiger partial charge in [-0.25, -0.2) is 8.42 Å². The van der Waals surface area contributed by atoms with Gasteiger partial charge in [-0.05, 0) is 45.4 Å². The summed E-state index contributed by atoms with van der Waals surface area (Å²) in [4.78, 5) is 12.4. The Morgan fingerprint density at radius 2 is 1.96 bits per heavy atom. The number of amides is 1. The molecule has 1 aliphatic heterocycles. The molecule has 0 bridgehead atoms. The summed E-state index contributed by atoms with van der Waals surface area (Å²) >= 11 is 0. The molecule has 0 radical (unpaired) electrons. The number of carbonyl (C=O) groups excluding carboxylic acids is 1. The maximum Gasteiger partial charge on any atom is 0.248 e. The van der Waals surface area contributed by atoms with Gasteiger partial charge in [0.15, 0.2) is 5.76 Å². The molecule has 1 amide bonds. The van der Waals surface area contributed by atoms with Gasteiger partial charge in [0.25, 0.3) is 0 Å². The Morgan fingerprint density at radius 1 is 1.32 bits per heavy atom. The van der Waals surface area contributed by atoms with Crippen molar-refractivity contribution in [3.8, 4) is 0 Å². The minimum Gasteiger partial charge on any atom is -0.360 e. The molecule has 142 valence electrons. The number of nitrogens with zero attached hydrogens (tertiary/aromatic N) is 2. The Labute approximate surface area is 150 Å². The normalized spacial score (nSPS) is 17.2. The van der Waals surface area contributed by atoms with Crippen LogP contribution >= 0.6 is 0 Å². The van der Waals surface area contributed by atoms with Gasteiger partial charge in [0.05, 0.1) is 0 Å². The van der Waals surface area contributed by atoms with Crippen molar-refractivity contribution in [2.45, 2.75) is 58.3 Å². The third-order valence-corrected chi connectivity index (χ3v) is 6.79. The molecule has 0 aromatic carbocycles. The highest BCUT2D eigenvalue weighted by atomic mass is 32.2. The third-order valence-electron chi connectivity index (χ3n) is 4.65. The van der Waals surface area contributed by atoms with Crippen LogP contribution in [0.25, 0.3) is 0 Å². The first-order valence-corrected chi connectivity index (χ1v) is 10.4. The number of piperidine rings is 1. The molecule has 1 aliphatic rings. The number of hydrogen-bond acceptors (Lipinski definition) is 5. The Bertz CT molecular complexity index is 669. The van der Waals surface area contributed by atoms with Crippen molar-refractivity contribution in [1.82, 2.24) is 14.8 Å². The molecule has 1 aromatic rings. The van der Waals surface area contributed by atoms with Crippen molar-refractivity contribution in [3.05, 3.63) is 11.5 Å². The lowest BCUT2D eigenvalue weighted by molar-refractivity contribution is -0.126. The topological polar surface area (TPSA) is 92.5 Å². The first-order chi connectivity index (χ1) is 11.7. The fourth-order valence-corrected chi connectivity index (χ4v) is 4.96. The van der Waals surface area contributed by atoms with Gasteiger partial charge in [0.1, 0.15) is 10.6 Å². The van der Waals surface area contributed by atoms with E-state index in [2.05, 4.69) is 24.3 Å². The van der Waals surface area contributed by atoms with Crippen LogP contribution in [0.15, 0.2) is 9.42 Å². The van der Waals surface area contributed by atoms with Crippen LogP contribution in [0.1, 0.15) is 51.0 Å². The maximum atomic E-state index is 12.8. The molecule has 2 heterocycles. The largest absolute Gasteiger partial charge is 0.360 e. The SMILES string of the molecule is Cc1noc(C)c1S(=O)(=O)N1CCC(C(=O)NCCCC(C)C)CC1. The van der Waals surface area contributed by atoms with E-state index in [0.29, 0.717) is 49.8 Å². The predicted molar refractivity (Wildman–Crippen MR) is 94.5 cm³/mol. The summed E-state index contributed by atoms with van der Waals surface area (Å²) in [6, 6.07) is 0. The van der Waals surface area contributed by atoms with E-state index in [9.17, 15) is 13.2 Å². The van der Waals surface area contributed by atoms with E-state index in [0.717, 1.165) is 12.8 Å². The smallest absolute Gasteiger partial charge is 0.248 e. The minimum absolute atomic E-state index is 0.0399. The summed E-state index contributed by atoms with van der Waals surface area (Å²) < 4.78 is 31.9. The van der Waals surface area contributed by atoms with Crippen LogP contribution < -0.4 is 5.32 Å². The maximum absolute atomic E-state index is 12.8. The zero-order valence-corrected chi connectivity index (χ0v) is 16.4. The fourth-order valence-electron chi connectivity index (χ4n) is 3.20. The molecule has 2 rings (SSSR count). The number of sulfonamides is 1. The van der Waals surface area contributed by atoms with Crippen molar-refractivity contribution >= 4 is 15.9 Å². The number of aryl methyl sites for hydroxylation is 2. The summed E-state index contributed by atoms with van der Waals surface area (Å²) in [5.41, 5.74) is 0.377. The number of rotatable bonds is 7. The fraction of sp³-hybridized carbons (Fsp3) is 0.765. The molecular formula is C17H29N3O4S. The quantitative estimate of drug-likeness (QED) is 0.742. The van der Waals surface area contributed by atoms with E-state index in [1.54, 1.807) is 13.8 Å². The highest BCUT2D eigenvalue weighted by molar-refractivity contribution is 7.89. The van der Waals surface area contributed by atoms with E-state index in [1.165, 1.54) is 4.31 Å². The molecule has 25 heavy (non-hydrogen) atoms. The monoisotopic (exact) mass is 371 g/mol. The molecule has 1 saturated heterocycles. The Balaban J connectivity index is 1.88. The number of aromatic nitrogens is 1. The van der Waals surface area contributed by atoms with Crippen molar-refractivity contribution in [2.24, 2.45) is 11.8 Å². The summed E-state index contributed by atoms with van der Waals surface area (Å²) in [7, 11) is -3.61.